The molecule has 0 spiro atoms. The Hall–Kier alpha value is -3.98. The van der Waals surface area contributed by atoms with E-state index in [-0.39, 0.29) is 11.6 Å². The largest absolute Gasteiger partial charge is 0.458 e. The normalized spacial score (nSPS) is 15.8. The van der Waals surface area contributed by atoms with Gasteiger partial charge in [-0.3, -0.25) is 14.9 Å². The summed E-state index contributed by atoms with van der Waals surface area (Å²) in [6, 6.07) is 18.1. The fraction of sp³-hybridized carbons (Fsp3) is 0.0909. The molecular formula is C22H18N4O4S. The molecule has 1 aromatic heterocycles. The molecule has 0 aliphatic carbocycles. The molecule has 3 aromatic rings. The van der Waals surface area contributed by atoms with E-state index in [1.807, 2.05) is 18.2 Å². The van der Waals surface area contributed by atoms with Crippen LogP contribution in [0.1, 0.15) is 18.7 Å². The number of nitrogens with one attached hydrogen (secondary N) is 3. The number of hydrogen-bond acceptors (Lipinski definition) is 5. The average molecular weight is 434 g/mol. The summed E-state index contributed by atoms with van der Waals surface area (Å²) in [6.45, 7) is 1.76. The summed E-state index contributed by atoms with van der Waals surface area (Å²) in [5.74, 6) is 0.420. The molecule has 3 N–H and O–H groups in total. The number of rotatable bonds is 5. The highest BCUT2D eigenvalue weighted by Crippen LogP contribution is 2.35. The molecule has 0 fully saturated rings. The molecule has 1 atom stereocenters. The van der Waals surface area contributed by atoms with E-state index in [0.29, 0.717) is 39.2 Å². The van der Waals surface area contributed by atoms with E-state index in [4.69, 9.17) is 16.6 Å². The number of para-hydroxylation sites is 2. The number of thiocarbonyl (C=S) groups is 1. The molecule has 156 valence electrons. The summed E-state index contributed by atoms with van der Waals surface area (Å²) in [5, 5.41) is 20.6. The zero-order chi connectivity index (χ0) is 22.0. The third-order valence-corrected chi connectivity index (χ3v) is 5.04. The standard InChI is InChI=1S/C22H18N4O4S/c1-13-19(21(27)24-14-7-3-2-4-8-14)20(25-22(31)23-13)18-12-11-17(30-18)15-9-5-6-10-16(15)26(28)29/h2-12,20H,1H3,(H,24,27)(H2,23,25,31)/t20-/m0/s1. The summed E-state index contributed by atoms with van der Waals surface area (Å²) < 4.78 is 5.96. The lowest BCUT2D eigenvalue weighted by Gasteiger charge is -2.28. The van der Waals surface area contributed by atoms with Gasteiger partial charge < -0.3 is 20.4 Å². The molecule has 9 heteroatoms. The van der Waals surface area contributed by atoms with E-state index in [2.05, 4.69) is 16.0 Å². The number of benzene rings is 2. The van der Waals surface area contributed by atoms with Gasteiger partial charge in [0.2, 0.25) is 0 Å². The fourth-order valence-corrected chi connectivity index (χ4v) is 3.69. The van der Waals surface area contributed by atoms with Gasteiger partial charge in [0.1, 0.15) is 17.6 Å². The number of allylic oxidation sites excluding steroid dienone is 1. The second-order valence-electron chi connectivity index (χ2n) is 6.87. The highest BCUT2D eigenvalue weighted by atomic mass is 32.1. The Morgan fingerprint density at radius 1 is 1.10 bits per heavy atom. The van der Waals surface area contributed by atoms with Crippen molar-refractivity contribution >= 4 is 34.6 Å². The Bertz CT molecular complexity index is 1200. The van der Waals surface area contributed by atoms with Gasteiger partial charge >= 0.3 is 0 Å². The Balaban J connectivity index is 1.69. The molecule has 0 radical (unpaired) electrons. The van der Waals surface area contributed by atoms with E-state index >= 15 is 0 Å². The second-order valence-corrected chi connectivity index (χ2v) is 7.27. The molecule has 2 aromatic carbocycles. The topological polar surface area (TPSA) is 109 Å². The van der Waals surface area contributed by atoms with Gasteiger partial charge in [-0.25, -0.2) is 0 Å². The molecule has 31 heavy (non-hydrogen) atoms. The smallest absolute Gasteiger partial charge is 0.280 e. The Morgan fingerprint density at radius 2 is 1.81 bits per heavy atom. The third kappa shape index (κ3) is 4.17. The van der Waals surface area contributed by atoms with Crippen LogP contribution < -0.4 is 16.0 Å². The van der Waals surface area contributed by atoms with Crippen molar-refractivity contribution in [3.8, 4) is 11.3 Å². The maximum Gasteiger partial charge on any atom is 0.280 e. The zero-order valence-electron chi connectivity index (χ0n) is 16.4. The molecule has 0 bridgehead atoms. The summed E-state index contributed by atoms with van der Waals surface area (Å²) in [6.07, 6.45) is 0. The first-order chi connectivity index (χ1) is 14.9. The van der Waals surface area contributed by atoms with Gasteiger partial charge in [0, 0.05) is 17.5 Å². The maximum atomic E-state index is 13.1. The molecule has 8 nitrogen and oxygen atoms in total. The Kier molecular flexibility index (Phi) is 5.50. The zero-order valence-corrected chi connectivity index (χ0v) is 17.2. The lowest BCUT2D eigenvalue weighted by molar-refractivity contribution is -0.384. The van der Waals surface area contributed by atoms with Crippen LogP contribution in [0.5, 0.6) is 0 Å². The lowest BCUT2D eigenvalue weighted by atomic mass is 10.00. The minimum Gasteiger partial charge on any atom is -0.458 e. The lowest BCUT2D eigenvalue weighted by Crippen LogP contribution is -2.45. The number of furan rings is 1. The number of nitro benzene ring substituents is 1. The van der Waals surface area contributed by atoms with Crippen LogP contribution in [-0.4, -0.2) is 15.9 Å². The van der Waals surface area contributed by atoms with E-state index in [1.165, 1.54) is 6.07 Å². The van der Waals surface area contributed by atoms with Crippen molar-refractivity contribution in [3.05, 3.63) is 93.9 Å². The predicted molar refractivity (Wildman–Crippen MR) is 120 cm³/mol. The van der Waals surface area contributed by atoms with E-state index in [9.17, 15) is 14.9 Å². The van der Waals surface area contributed by atoms with E-state index in [1.54, 1.807) is 49.4 Å². The summed E-state index contributed by atoms with van der Waals surface area (Å²) in [7, 11) is 0. The predicted octanol–water partition coefficient (Wildman–Crippen LogP) is 4.29. The van der Waals surface area contributed by atoms with Crippen LogP contribution >= 0.6 is 12.2 Å². The van der Waals surface area contributed by atoms with Crippen LogP contribution in [0.15, 0.2) is 82.4 Å². The molecule has 1 aliphatic rings. The third-order valence-electron chi connectivity index (χ3n) is 4.82. The Labute approximate surface area is 183 Å². The monoisotopic (exact) mass is 434 g/mol. The number of nitro groups is 1. The van der Waals surface area contributed by atoms with Crippen molar-refractivity contribution in [2.75, 3.05) is 5.32 Å². The van der Waals surface area contributed by atoms with Crippen molar-refractivity contribution < 1.29 is 14.1 Å². The summed E-state index contributed by atoms with van der Waals surface area (Å²) in [4.78, 5) is 24.0. The molecule has 0 saturated heterocycles. The minimum absolute atomic E-state index is 0.0639. The number of nitrogens with zero attached hydrogens (tertiary/aromatic N) is 1. The van der Waals surface area contributed by atoms with Crippen molar-refractivity contribution in [2.45, 2.75) is 13.0 Å². The first-order valence-electron chi connectivity index (χ1n) is 9.42. The van der Waals surface area contributed by atoms with Gasteiger partial charge in [0.25, 0.3) is 11.6 Å². The van der Waals surface area contributed by atoms with Crippen LogP contribution in [0.4, 0.5) is 11.4 Å². The minimum atomic E-state index is -0.658. The average Bonchev–Trinajstić information content (AvgIpc) is 3.24. The van der Waals surface area contributed by atoms with Crippen LogP contribution in [0.2, 0.25) is 0 Å². The van der Waals surface area contributed by atoms with E-state index in [0.717, 1.165) is 0 Å². The first-order valence-corrected chi connectivity index (χ1v) is 9.83. The van der Waals surface area contributed by atoms with Crippen LogP contribution in [0.25, 0.3) is 11.3 Å². The van der Waals surface area contributed by atoms with Gasteiger partial charge in [-0.1, -0.05) is 30.3 Å². The molecule has 0 saturated carbocycles. The van der Waals surface area contributed by atoms with Gasteiger partial charge in [-0.15, -0.1) is 0 Å². The quantitative estimate of drug-likeness (QED) is 0.312. The molecule has 4 rings (SSSR count). The molecule has 1 aliphatic heterocycles. The Morgan fingerprint density at radius 3 is 2.55 bits per heavy atom. The molecule has 0 unspecified atom stereocenters. The van der Waals surface area contributed by atoms with E-state index < -0.39 is 11.0 Å². The molecule has 1 amide bonds. The van der Waals surface area contributed by atoms with Crippen LogP contribution in [0, 0.1) is 10.1 Å². The van der Waals surface area contributed by atoms with Gasteiger partial charge in [0.05, 0.1) is 16.1 Å². The SMILES string of the molecule is CC1=C(C(=O)Nc2ccccc2)[C@H](c2ccc(-c3ccccc3[N+](=O)[O-])o2)NC(=S)N1. The van der Waals surface area contributed by atoms with Gasteiger partial charge in [-0.2, -0.15) is 0 Å². The fourth-order valence-electron chi connectivity index (χ4n) is 3.42. The van der Waals surface area contributed by atoms with Crippen molar-refractivity contribution in [1.29, 1.82) is 0 Å². The maximum absolute atomic E-state index is 13.1. The molecule has 2 heterocycles. The van der Waals surface area contributed by atoms with Crippen LogP contribution in [-0.2, 0) is 4.79 Å². The second kappa shape index (κ2) is 8.41. The number of anilines is 1. The number of carbonyl (C=O) groups excluding carboxylic acids is 1. The summed E-state index contributed by atoms with van der Waals surface area (Å²) in [5.41, 5.74) is 1.93. The van der Waals surface area contributed by atoms with Gasteiger partial charge in [0.15, 0.2) is 5.11 Å². The van der Waals surface area contributed by atoms with Crippen molar-refractivity contribution in [3.63, 3.8) is 0 Å². The van der Waals surface area contributed by atoms with Crippen molar-refractivity contribution in [2.24, 2.45) is 0 Å². The van der Waals surface area contributed by atoms with Crippen LogP contribution in [0.3, 0.4) is 0 Å². The molecular weight excluding hydrogens is 416 g/mol. The number of amides is 1. The summed E-state index contributed by atoms with van der Waals surface area (Å²) >= 11 is 5.27. The van der Waals surface area contributed by atoms with Gasteiger partial charge in [-0.05, 0) is 49.5 Å². The highest BCUT2D eigenvalue weighted by molar-refractivity contribution is 7.80. The number of hydrogen-bond donors (Lipinski definition) is 3. The highest BCUT2D eigenvalue weighted by Gasteiger charge is 2.32. The number of carbonyl (C=O) groups is 1. The first kappa shape index (κ1) is 20.3. The van der Waals surface area contributed by atoms with Crippen molar-refractivity contribution in [1.82, 2.24) is 10.6 Å².